The summed E-state index contributed by atoms with van der Waals surface area (Å²) in [5.74, 6) is -4.99. The molecule has 0 saturated carbocycles. The van der Waals surface area contributed by atoms with Crippen LogP contribution in [0, 0.1) is 11.8 Å². The Balaban J connectivity index is 1.67. The largest absolute Gasteiger partial charge is 0.480 e. The second-order valence-corrected chi connectivity index (χ2v) is 8.24. The van der Waals surface area contributed by atoms with E-state index in [1.807, 2.05) is 6.07 Å². The summed E-state index contributed by atoms with van der Waals surface area (Å²) >= 11 is 0. The van der Waals surface area contributed by atoms with Crippen LogP contribution in [0.1, 0.15) is 22.7 Å². The molecule has 0 spiro atoms. The number of carboxylic acid groups (broad SMARTS) is 1. The number of hydrogen-bond acceptors (Lipinski definition) is 5. The number of nitrogens with zero attached hydrogens (tertiary/aromatic N) is 1. The van der Waals surface area contributed by atoms with Crippen molar-refractivity contribution in [1.82, 2.24) is 10.2 Å². The molecule has 2 aromatic rings. The predicted octanol–water partition coefficient (Wildman–Crippen LogP) is 2.62. The molecule has 33 heavy (non-hydrogen) atoms. The summed E-state index contributed by atoms with van der Waals surface area (Å²) in [4.78, 5) is 39.1. The minimum Gasteiger partial charge on any atom is -0.480 e. The molecule has 0 aliphatic carbocycles. The molecule has 2 aromatic carbocycles. The van der Waals surface area contributed by atoms with Crippen LogP contribution in [0.25, 0.3) is 0 Å². The minimum atomic E-state index is -4.54. The van der Waals surface area contributed by atoms with Crippen LogP contribution in [0.3, 0.4) is 0 Å². The van der Waals surface area contributed by atoms with Crippen LogP contribution in [-0.4, -0.2) is 47.0 Å². The van der Waals surface area contributed by atoms with Crippen LogP contribution in [0.2, 0.25) is 0 Å². The highest BCUT2D eigenvalue weighted by molar-refractivity contribution is 6.09. The number of nitrogens with one attached hydrogen (secondary N) is 1. The van der Waals surface area contributed by atoms with Gasteiger partial charge in [0.1, 0.15) is 0 Å². The van der Waals surface area contributed by atoms with Crippen LogP contribution in [0.15, 0.2) is 54.6 Å². The van der Waals surface area contributed by atoms with Crippen molar-refractivity contribution in [3.63, 3.8) is 0 Å². The summed E-state index contributed by atoms with van der Waals surface area (Å²) < 4.78 is 44.6. The van der Waals surface area contributed by atoms with E-state index >= 15 is 0 Å². The summed E-state index contributed by atoms with van der Waals surface area (Å²) in [5.41, 5.74) is -1.73. The number of imide groups is 1. The zero-order valence-corrected chi connectivity index (χ0v) is 17.5. The van der Waals surface area contributed by atoms with Crippen molar-refractivity contribution < 1.29 is 37.4 Å². The Morgan fingerprint density at radius 3 is 2.30 bits per heavy atom. The van der Waals surface area contributed by atoms with Gasteiger partial charge in [-0.05, 0) is 23.3 Å². The normalized spacial score (nSPS) is 27.2. The molecule has 2 aliphatic heterocycles. The molecule has 2 aliphatic rings. The first kappa shape index (κ1) is 22.9. The average molecular weight is 462 g/mol. The Hall–Kier alpha value is -3.24. The van der Waals surface area contributed by atoms with Gasteiger partial charge >= 0.3 is 12.1 Å². The van der Waals surface area contributed by atoms with Gasteiger partial charge in [0, 0.05) is 13.1 Å². The van der Waals surface area contributed by atoms with Gasteiger partial charge in [-0.25, -0.2) is 0 Å². The molecular formula is C23H21F3N2O5. The van der Waals surface area contributed by atoms with Crippen molar-refractivity contribution >= 4 is 17.8 Å². The predicted molar refractivity (Wildman–Crippen MR) is 109 cm³/mol. The fourth-order valence-electron chi connectivity index (χ4n) is 4.61. The van der Waals surface area contributed by atoms with Gasteiger partial charge in [0.05, 0.1) is 30.6 Å². The number of carbonyl (C=O) groups is 3. The molecule has 2 amide bonds. The Bertz CT molecular complexity index is 1070. The number of benzene rings is 2. The first-order chi connectivity index (χ1) is 15.6. The highest BCUT2D eigenvalue weighted by atomic mass is 19.4. The molecule has 2 N–H and O–H groups in total. The molecule has 4 atom stereocenters. The van der Waals surface area contributed by atoms with E-state index in [0.717, 1.165) is 22.6 Å². The van der Waals surface area contributed by atoms with E-state index in [4.69, 9.17) is 4.74 Å². The molecule has 2 saturated heterocycles. The molecule has 4 rings (SSSR count). The summed E-state index contributed by atoms with van der Waals surface area (Å²) in [5, 5.41) is 13.0. The van der Waals surface area contributed by atoms with Crippen molar-refractivity contribution in [2.45, 2.75) is 24.4 Å². The molecule has 0 bridgehead atoms. The van der Waals surface area contributed by atoms with E-state index in [1.165, 1.54) is 19.2 Å². The fourth-order valence-corrected chi connectivity index (χ4v) is 4.61. The molecule has 7 nitrogen and oxygen atoms in total. The molecule has 174 valence electrons. The number of carboxylic acids is 1. The van der Waals surface area contributed by atoms with E-state index < -0.39 is 59.5 Å². The average Bonchev–Trinajstić information content (AvgIpc) is 3.24. The van der Waals surface area contributed by atoms with Gasteiger partial charge in [-0.15, -0.1) is 0 Å². The first-order valence-corrected chi connectivity index (χ1v) is 10.2. The number of fused-ring (bicyclic) bond motifs is 1. The number of halogens is 3. The number of likely N-dealkylation sites (tertiary alicyclic amines) is 1. The topological polar surface area (TPSA) is 95.9 Å². The highest BCUT2D eigenvalue weighted by Gasteiger charge is 2.68. The number of hydrogen-bond donors (Lipinski definition) is 2. The van der Waals surface area contributed by atoms with E-state index in [2.05, 4.69) is 5.32 Å². The third kappa shape index (κ3) is 3.89. The number of carbonyl (C=O) groups excluding carboxylic acids is 2. The molecule has 2 heterocycles. The number of alkyl halides is 3. The maximum atomic E-state index is 13.0. The van der Waals surface area contributed by atoms with Gasteiger partial charge in [-0.3, -0.25) is 24.6 Å². The van der Waals surface area contributed by atoms with Gasteiger partial charge < -0.3 is 9.84 Å². The molecule has 0 aromatic heterocycles. The van der Waals surface area contributed by atoms with Crippen molar-refractivity contribution in [3.05, 3.63) is 71.3 Å². The van der Waals surface area contributed by atoms with Gasteiger partial charge in [0.2, 0.25) is 11.8 Å². The van der Waals surface area contributed by atoms with Crippen LogP contribution in [-0.2, 0) is 31.9 Å². The fraction of sp³-hybridized carbons (Fsp3) is 0.348. The van der Waals surface area contributed by atoms with Crippen LogP contribution < -0.4 is 5.32 Å². The Morgan fingerprint density at radius 2 is 1.73 bits per heavy atom. The Kier molecular flexibility index (Phi) is 5.75. The van der Waals surface area contributed by atoms with E-state index in [0.29, 0.717) is 0 Å². The summed E-state index contributed by atoms with van der Waals surface area (Å²) in [6.07, 6.45) is -4.54. The molecule has 2 fully saturated rings. The maximum absolute atomic E-state index is 13.0. The van der Waals surface area contributed by atoms with Crippen molar-refractivity contribution in [2.75, 3.05) is 13.7 Å². The molecule has 10 heteroatoms. The van der Waals surface area contributed by atoms with Gasteiger partial charge in [-0.1, -0.05) is 42.5 Å². The second kappa shape index (κ2) is 8.27. The standard InChI is InChI=1S/C23H21F3N2O5/c1-28-19(29)16-17(20(28)30)22(21(31)32,12-33-11-13-5-3-2-4-6-13)27-18(16)14-7-9-15(10-8-14)23(24,25)26/h2-10,16-18,27H,11-12H2,1H3,(H,31,32). The molecular weight excluding hydrogens is 441 g/mol. The number of ether oxygens (including phenoxy) is 1. The smallest absolute Gasteiger partial charge is 0.416 e. The lowest BCUT2D eigenvalue weighted by Gasteiger charge is -2.30. The minimum absolute atomic E-state index is 0.0812. The maximum Gasteiger partial charge on any atom is 0.416 e. The summed E-state index contributed by atoms with van der Waals surface area (Å²) in [6, 6.07) is 12.1. The van der Waals surface area contributed by atoms with Crippen molar-refractivity contribution in [1.29, 1.82) is 0 Å². The van der Waals surface area contributed by atoms with Gasteiger partial charge in [0.15, 0.2) is 5.54 Å². The monoisotopic (exact) mass is 462 g/mol. The summed E-state index contributed by atoms with van der Waals surface area (Å²) in [7, 11) is 1.27. The Morgan fingerprint density at radius 1 is 1.09 bits per heavy atom. The van der Waals surface area contributed by atoms with Gasteiger partial charge in [-0.2, -0.15) is 13.2 Å². The number of rotatable bonds is 6. The molecule has 4 unspecified atom stereocenters. The first-order valence-electron chi connectivity index (χ1n) is 10.2. The van der Waals surface area contributed by atoms with E-state index in [1.54, 1.807) is 24.3 Å². The summed E-state index contributed by atoms with van der Waals surface area (Å²) in [6.45, 7) is -0.333. The van der Waals surface area contributed by atoms with Crippen molar-refractivity contribution in [2.24, 2.45) is 11.8 Å². The zero-order chi connectivity index (χ0) is 24.0. The highest BCUT2D eigenvalue weighted by Crippen LogP contribution is 2.49. The zero-order valence-electron chi connectivity index (χ0n) is 17.5. The number of aliphatic carboxylic acids is 1. The third-order valence-corrected chi connectivity index (χ3v) is 6.29. The SMILES string of the molecule is CN1C(=O)C2C(c3ccc(C(F)(F)F)cc3)NC(COCc3ccccc3)(C(=O)O)C2C1=O. The third-order valence-electron chi connectivity index (χ3n) is 6.29. The quantitative estimate of drug-likeness (QED) is 0.641. The van der Waals surface area contributed by atoms with E-state index in [9.17, 15) is 32.7 Å². The van der Waals surface area contributed by atoms with Crippen LogP contribution >= 0.6 is 0 Å². The lowest BCUT2D eigenvalue weighted by Crippen LogP contribution is -2.58. The van der Waals surface area contributed by atoms with Crippen molar-refractivity contribution in [3.8, 4) is 0 Å². The second-order valence-electron chi connectivity index (χ2n) is 8.24. The molecule has 0 radical (unpaired) electrons. The number of amides is 2. The lowest BCUT2D eigenvalue weighted by atomic mass is 9.79. The lowest BCUT2D eigenvalue weighted by molar-refractivity contribution is -0.154. The van der Waals surface area contributed by atoms with E-state index in [-0.39, 0.29) is 12.2 Å². The van der Waals surface area contributed by atoms with Crippen LogP contribution in [0.4, 0.5) is 13.2 Å². The Labute approximate surface area is 187 Å². The van der Waals surface area contributed by atoms with Crippen LogP contribution in [0.5, 0.6) is 0 Å². The van der Waals surface area contributed by atoms with Gasteiger partial charge in [0.25, 0.3) is 0 Å².